The van der Waals surface area contributed by atoms with Gasteiger partial charge in [-0.15, -0.1) is 0 Å². The lowest BCUT2D eigenvalue weighted by atomic mass is 10.0. The summed E-state index contributed by atoms with van der Waals surface area (Å²) in [5.41, 5.74) is 0.653. The number of nitrogens with one attached hydrogen (secondary N) is 1. The Morgan fingerprint density at radius 1 is 1.59 bits per heavy atom. The topological polar surface area (TPSA) is 69.2 Å². The molecule has 5 nitrogen and oxygen atoms in total. The number of aromatic nitrogens is 2. The molecule has 0 unspecified atom stereocenters. The Kier molecular flexibility index (Phi) is 3.91. The number of rotatable bonds is 3. The van der Waals surface area contributed by atoms with E-state index in [9.17, 15) is 4.79 Å². The predicted molar refractivity (Wildman–Crippen MR) is 64.8 cm³/mol. The summed E-state index contributed by atoms with van der Waals surface area (Å²) in [5, 5.41) is 9.06. The van der Waals surface area contributed by atoms with Crippen LogP contribution in [0.1, 0.15) is 36.8 Å². The van der Waals surface area contributed by atoms with Gasteiger partial charge in [0, 0.05) is 18.3 Å². The zero-order valence-electron chi connectivity index (χ0n) is 10.1. The maximum Gasteiger partial charge on any atom is 0.251 e. The summed E-state index contributed by atoms with van der Waals surface area (Å²) in [4.78, 5) is 20.9. The second-order valence-electron chi connectivity index (χ2n) is 4.54. The van der Waals surface area contributed by atoms with Crippen molar-refractivity contribution in [2.45, 2.75) is 32.2 Å². The normalized spacial score (nSPS) is 21.6. The molecule has 2 heterocycles. The Hall–Kier alpha value is -1.20. The van der Waals surface area contributed by atoms with E-state index in [0.29, 0.717) is 6.54 Å². The number of hydrogen-bond acceptors (Lipinski definition) is 4. The van der Waals surface area contributed by atoms with Crippen LogP contribution < -0.4 is 5.56 Å². The van der Waals surface area contributed by atoms with Crippen LogP contribution in [-0.4, -0.2) is 39.7 Å². The van der Waals surface area contributed by atoms with Crippen molar-refractivity contribution in [1.29, 1.82) is 0 Å². The molecule has 0 bridgehead atoms. The molecule has 94 valence electrons. The standard InChI is InChI=1S/C12H19N3O2/c1-9-8-11(17)14-12(13-9)10-4-2-3-5-15(10)6-7-16/h8,10,16H,2-7H2,1H3,(H,13,14,17)/t10-/m0/s1. The summed E-state index contributed by atoms with van der Waals surface area (Å²) in [6, 6.07) is 1.64. The molecule has 0 aromatic carbocycles. The number of aliphatic hydroxyl groups is 1. The summed E-state index contributed by atoms with van der Waals surface area (Å²) in [6.07, 6.45) is 3.28. The minimum absolute atomic E-state index is 0.0954. The molecule has 0 spiro atoms. The van der Waals surface area contributed by atoms with Crippen LogP contribution in [0.4, 0.5) is 0 Å². The van der Waals surface area contributed by atoms with Crippen molar-refractivity contribution in [1.82, 2.24) is 14.9 Å². The van der Waals surface area contributed by atoms with Crippen LogP contribution in [-0.2, 0) is 0 Å². The van der Waals surface area contributed by atoms with E-state index in [0.717, 1.165) is 37.3 Å². The highest BCUT2D eigenvalue weighted by Crippen LogP contribution is 2.27. The van der Waals surface area contributed by atoms with Gasteiger partial charge in [-0.1, -0.05) is 6.42 Å². The number of piperidine rings is 1. The van der Waals surface area contributed by atoms with Crippen molar-refractivity contribution in [3.05, 3.63) is 27.9 Å². The Morgan fingerprint density at radius 2 is 2.41 bits per heavy atom. The fraction of sp³-hybridized carbons (Fsp3) is 0.667. The van der Waals surface area contributed by atoms with Crippen LogP contribution in [0, 0.1) is 6.92 Å². The van der Waals surface area contributed by atoms with Gasteiger partial charge in [0.2, 0.25) is 0 Å². The summed E-state index contributed by atoms with van der Waals surface area (Å²) >= 11 is 0. The Balaban J connectivity index is 2.25. The highest BCUT2D eigenvalue weighted by molar-refractivity contribution is 5.04. The number of H-pyrrole nitrogens is 1. The molecule has 1 saturated heterocycles. The van der Waals surface area contributed by atoms with E-state index in [1.807, 2.05) is 6.92 Å². The number of aryl methyl sites for hydroxylation is 1. The summed E-state index contributed by atoms with van der Waals surface area (Å²) in [6.45, 7) is 3.58. The van der Waals surface area contributed by atoms with Gasteiger partial charge >= 0.3 is 0 Å². The average Bonchev–Trinajstić information content (AvgIpc) is 2.29. The van der Waals surface area contributed by atoms with Crippen molar-refractivity contribution in [3.63, 3.8) is 0 Å². The quantitative estimate of drug-likeness (QED) is 0.807. The lowest BCUT2D eigenvalue weighted by Crippen LogP contribution is -2.37. The zero-order valence-corrected chi connectivity index (χ0v) is 10.1. The minimum atomic E-state index is -0.0954. The van der Waals surface area contributed by atoms with E-state index < -0.39 is 0 Å². The van der Waals surface area contributed by atoms with Crippen molar-refractivity contribution < 1.29 is 5.11 Å². The van der Waals surface area contributed by atoms with Gasteiger partial charge in [-0.05, 0) is 26.3 Å². The van der Waals surface area contributed by atoms with Gasteiger partial charge in [0.05, 0.1) is 12.6 Å². The van der Waals surface area contributed by atoms with E-state index in [4.69, 9.17) is 5.11 Å². The van der Waals surface area contributed by atoms with Crippen LogP contribution in [0.25, 0.3) is 0 Å². The molecule has 5 heteroatoms. The van der Waals surface area contributed by atoms with E-state index in [2.05, 4.69) is 14.9 Å². The largest absolute Gasteiger partial charge is 0.395 e. The van der Waals surface area contributed by atoms with E-state index in [1.54, 1.807) is 0 Å². The smallest absolute Gasteiger partial charge is 0.251 e. The molecule has 0 saturated carbocycles. The van der Waals surface area contributed by atoms with Crippen molar-refractivity contribution in [2.75, 3.05) is 19.7 Å². The average molecular weight is 237 g/mol. The van der Waals surface area contributed by atoms with Crippen LogP contribution in [0.3, 0.4) is 0 Å². The first-order valence-corrected chi connectivity index (χ1v) is 6.13. The number of hydrogen-bond donors (Lipinski definition) is 2. The van der Waals surface area contributed by atoms with Gasteiger partial charge < -0.3 is 10.1 Å². The van der Waals surface area contributed by atoms with Gasteiger partial charge in [0.25, 0.3) is 5.56 Å². The van der Waals surface area contributed by atoms with Crippen molar-refractivity contribution in [2.24, 2.45) is 0 Å². The van der Waals surface area contributed by atoms with Gasteiger partial charge in [-0.25, -0.2) is 4.98 Å². The molecule has 0 amide bonds. The molecule has 0 aliphatic carbocycles. The third-order valence-corrected chi connectivity index (χ3v) is 3.20. The summed E-state index contributed by atoms with van der Waals surface area (Å²) in [5.74, 6) is 0.739. The maximum absolute atomic E-state index is 11.5. The summed E-state index contributed by atoms with van der Waals surface area (Å²) in [7, 11) is 0. The lowest BCUT2D eigenvalue weighted by Gasteiger charge is -2.34. The maximum atomic E-state index is 11.5. The fourth-order valence-corrected chi connectivity index (χ4v) is 2.46. The summed E-state index contributed by atoms with van der Waals surface area (Å²) < 4.78 is 0. The third-order valence-electron chi connectivity index (χ3n) is 3.20. The molecular weight excluding hydrogens is 218 g/mol. The Labute approximate surface area is 100 Å². The molecule has 2 N–H and O–H groups in total. The zero-order chi connectivity index (χ0) is 12.3. The number of likely N-dealkylation sites (tertiary alicyclic amines) is 1. The van der Waals surface area contributed by atoms with Crippen LogP contribution >= 0.6 is 0 Å². The SMILES string of the molecule is Cc1cc(=O)[nH]c([C@@H]2CCCCN2CCO)n1. The second-order valence-corrected chi connectivity index (χ2v) is 4.54. The number of aliphatic hydroxyl groups excluding tert-OH is 1. The molecule has 1 aliphatic heterocycles. The number of β-amino-alcohol motifs (C(OH)–C–C–N with tert-alkyl or cyclic N) is 1. The first kappa shape index (κ1) is 12.3. The molecule has 1 atom stereocenters. The Bertz CT molecular complexity index is 428. The number of nitrogens with zero attached hydrogens (tertiary/aromatic N) is 2. The first-order valence-electron chi connectivity index (χ1n) is 6.13. The van der Waals surface area contributed by atoms with Crippen LogP contribution in [0.15, 0.2) is 10.9 Å². The van der Waals surface area contributed by atoms with Gasteiger partial charge in [0.1, 0.15) is 5.82 Å². The Morgan fingerprint density at radius 3 is 3.12 bits per heavy atom. The molecule has 17 heavy (non-hydrogen) atoms. The highest BCUT2D eigenvalue weighted by atomic mass is 16.3. The van der Waals surface area contributed by atoms with Crippen molar-refractivity contribution in [3.8, 4) is 0 Å². The van der Waals surface area contributed by atoms with E-state index in [1.165, 1.54) is 6.07 Å². The van der Waals surface area contributed by atoms with Gasteiger partial charge in [0.15, 0.2) is 0 Å². The van der Waals surface area contributed by atoms with Gasteiger partial charge in [-0.2, -0.15) is 0 Å². The van der Waals surface area contributed by atoms with Crippen LogP contribution in [0.5, 0.6) is 0 Å². The molecule has 2 rings (SSSR count). The first-order chi connectivity index (χ1) is 8.20. The fourth-order valence-electron chi connectivity index (χ4n) is 2.46. The second kappa shape index (κ2) is 5.42. The lowest BCUT2D eigenvalue weighted by molar-refractivity contribution is 0.112. The van der Waals surface area contributed by atoms with Gasteiger partial charge in [-0.3, -0.25) is 9.69 Å². The van der Waals surface area contributed by atoms with Crippen LogP contribution in [0.2, 0.25) is 0 Å². The molecule has 1 aliphatic rings. The monoisotopic (exact) mass is 237 g/mol. The molecular formula is C12H19N3O2. The number of aromatic amines is 1. The third kappa shape index (κ3) is 2.92. The van der Waals surface area contributed by atoms with Crippen molar-refractivity contribution >= 4 is 0 Å². The predicted octanol–water partition coefficient (Wildman–Crippen LogP) is 0.598. The van der Waals surface area contributed by atoms with E-state index in [-0.39, 0.29) is 18.2 Å². The molecule has 1 fully saturated rings. The molecule has 1 aromatic heterocycles. The highest BCUT2D eigenvalue weighted by Gasteiger charge is 2.25. The molecule has 1 aromatic rings. The van der Waals surface area contributed by atoms with E-state index >= 15 is 0 Å². The molecule has 0 radical (unpaired) electrons. The minimum Gasteiger partial charge on any atom is -0.395 e.